The van der Waals surface area contributed by atoms with E-state index in [4.69, 9.17) is 4.74 Å². The molecule has 158 valence electrons. The van der Waals surface area contributed by atoms with E-state index in [2.05, 4.69) is 15.2 Å². The Morgan fingerprint density at radius 2 is 1.93 bits per heavy atom. The standard InChI is InChI=1S/C21H25N5O3S/c1-15-9-10-16-6-4-8-18(21(16)22-15)30(27,28)26-13-5-7-17(14-26)29-20-12-11-19(23-24-20)25(2)3/h4,6,8-12,17H,5,7,13-14H2,1-3H3. The molecule has 2 aromatic heterocycles. The van der Waals surface area contributed by atoms with Crippen LogP contribution in [0, 0.1) is 6.92 Å². The molecule has 1 aliphatic rings. The monoisotopic (exact) mass is 427 g/mol. The summed E-state index contributed by atoms with van der Waals surface area (Å²) in [6, 6.07) is 12.6. The predicted molar refractivity (Wildman–Crippen MR) is 115 cm³/mol. The first-order valence-corrected chi connectivity index (χ1v) is 11.3. The average Bonchev–Trinajstić information content (AvgIpc) is 2.74. The number of nitrogens with zero attached hydrogens (tertiary/aromatic N) is 5. The number of anilines is 1. The zero-order valence-electron chi connectivity index (χ0n) is 17.3. The molecule has 1 aromatic carbocycles. The molecule has 9 heteroatoms. The molecular weight excluding hydrogens is 402 g/mol. The second-order valence-electron chi connectivity index (χ2n) is 7.65. The number of para-hydroxylation sites is 1. The fourth-order valence-corrected chi connectivity index (χ4v) is 5.24. The van der Waals surface area contributed by atoms with E-state index in [9.17, 15) is 8.42 Å². The van der Waals surface area contributed by atoms with Gasteiger partial charge in [-0.15, -0.1) is 10.2 Å². The summed E-state index contributed by atoms with van der Waals surface area (Å²) in [5.41, 5.74) is 1.29. The Kier molecular flexibility index (Phi) is 5.57. The van der Waals surface area contributed by atoms with Crippen molar-refractivity contribution in [3.63, 3.8) is 0 Å². The van der Waals surface area contributed by atoms with Crippen molar-refractivity contribution in [3.05, 3.63) is 48.2 Å². The quantitative estimate of drug-likeness (QED) is 0.618. The first-order chi connectivity index (χ1) is 14.3. The van der Waals surface area contributed by atoms with Crippen molar-refractivity contribution in [3.8, 4) is 5.88 Å². The van der Waals surface area contributed by atoms with Gasteiger partial charge >= 0.3 is 0 Å². The highest BCUT2D eigenvalue weighted by Gasteiger charge is 2.32. The van der Waals surface area contributed by atoms with Crippen molar-refractivity contribution in [2.75, 3.05) is 32.1 Å². The minimum atomic E-state index is -3.70. The molecule has 1 fully saturated rings. The van der Waals surface area contributed by atoms with E-state index in [-0.39, 0.29) is 17.5 Å². The summed E-state index contributed by atoms with van der Waals surface area (Å²) in [6.45, 7) is 2.58. The summed E-state index contributed by atoms with van der Waals surface area (Å²) in [7, 11) is 0.0735. The van der Waals surface area contributed by atoms with Crippen LogP contribution in [-0.4, -0.2) is 61.2 Å². The Hall–Kier alpha value is -2.78. The maximum atomic E-state index is 13.4. The minimum Gasteiger partial charge on any atom is -0.472 e. The third-order valence-corrected chi connectivity index (χ3v) is 7.05. The largest absolute Gasteiger partial charge is 0.472 e. The molecule has 3 heterocycles. The Bertz CT molecular complexity index is 1150. The first kappa shape index (κ1) is 20.5. The van der Waals surface area contributed by atoms with Crippen LogP contribution in [0.5, 0.6) is 5.88 Å². The highest BCUT2D eigenvalue weighted by molar-refractivity contribution is 7.89. The second-order valence-corrected chi connectivity index (χ2v) is 9.56. The van der Waals surface area contributed by atoms with Gasteiger partial charge in [0.2, 0.25) is 15.9 Å². The van der Waals surface area contributed by atoms with E-state index < -0.39 is 10.0 Å². The smallest absolute Gasteiger partial charge is 0.245 e. The Morgan fingerprint density at radius 1 is 1.10 bits per heavy atom. The minimum absolute atomic E-state index is 0.236. The summed E-state index contributed by atoms with van der Waals surface area (Å²) >= 11 is 0. The highest BCUT2D eigenvalue weighted by Crippen LogP contribution is 2.27. The molecule has 0 amide bonds. The molecular formula is C21H25N5O3S. The van der Waals surface area contributed by atoms with Crippen LogP contribution in [0.2, 0.25) is 0 Å². The van der Waals surface area contributed by atoms with Gasteiger partial charge < -0.3 is 9.64 Å². The van der Waals surface area contributed by atoms with E-state index in [1.807, 2.05) is 50.2 Å². The first-order valence-electron chi connectivity index (χ1n) is 9.89. The van der Waals surface area contributed by atoms with Crippen molar-refractivity contribution >= 4 is 26.7 Å². The van der Waals surface area contributed by atoms with E-state index >= 15 is 0 Å². The number of piperidine rings is 1. The van der Waals surface area contributed by atoms with Crippen LogP contribution in [0.4, 0.5) is 5.82 Å². The molecule has 1 aliphatic heterocycles. The van der Waals surface area contributed by atoms with Gasteiger partial charge in [0.05, 0.1) is 12.1 Å². The van der Waals surface area contributed by atoms with E-state index in [1.54, 1.807) is 18.2 Å². The highest BCUT2D eigenvalue weighted by atomic mass is 32.2. The molecule has 1 saturated heterocycles. The summed E-state index contributed by atoms with van der Waals surface area (Å²) in [4.78, 5) is 6.58. The zero-order valence-corrected chi connectivity index (χ0v) is 18.1. The van der Waals surface area contributed by atoms with Crippen LogP contribution in [0.1, 0.15) is 18.5 Å². The van der Waals surface area contributed by atoms with E-state index in [0.29, 0.717) is 24.4 Å². The number of rotatable bonds is 5. The summed E-state index contributed by atoms with van der Waals surface area (Å²) in [5.74, 6) is 1.13. The van der Waals surface area contributed by atoms with Gasteiger partial charge in [-0.05, 0) is 38.0 Å². The van der Waals surface area contributed by atoms with Crippen molar-refractivity contribution < 1.29 is 13.2 Å². The molecule has 0 N–H and O–H groups in total. The molecule has 3 aromatic rings. The summed E-state index contributed by atoms with van der Waals surface area (Å²) in [6.07, 6.45) is 1.19. The van der Waals surface area contributed by atoms with Crippen LogP contribution in [0.3, 0.4) is 0 Å². The Morgan fingerprint density at radius 3 is 2.67 bits per heavy atom. The topological polar surface area (TPSA) is 88.5 Å². The van der Waals surface area contributed by atoms with Gasteiger partial charge in [-0.3, -0.25) is 4.98 Å². The normalized spacial score (nSPS) is 17.8. The van der Waals surface area contributed by atoms with Gasteiger partial charge in [-0.25, -0.2) is 8.42 Å². The maximum absolute atomic E-state index is 13.4. The van der Waals surface area contributed by atoms with Crippen LogP contribution >= 0.6 is 0 Å². The fraction of sp³-hybridized carbons (Fsp3) is 0.381. The molecule has 1 unspecified atom stereocenters. The Balaban J connectivity index is 1.56. The molecule has 0 aliphatic carbocycles. The molecule has 0 radical (unpaired) electrons. The van der Waals surface area contributed by atoms with Gasteiger partial charge in [0.25, 0.3) is 0 Å². The third-order valence-electron chi connectivity index (χ3n) is 5.15. The van der Waals surface area contributed by atoms with Crippen LogP contribution in [-0.2, 0) is 10.0 Å². The lowest BCUT2D eigenvalue weighted by Gasteiger charge is -2.32. The number of ether oxygens (including phenoxy) is 1. The molecule has 4 rings (SSSR count). The SMILES string of the molecule is Cc1ccc2cccc(S(=O)(=O)N3CCCC(Oc4ccc(N(C)C)nn4)C3)c2n1. The molecule has 30 heavy (non-hydrogen) atoms. The zero-order chi connectivity index (χ0) is 21.3. The van der Waals surface area contributed by atoms with Crippen molar-refractivity contribution in [2.45, 2.75) is 30.8 Å². The van der Waals surface area contributed by atoms with E-state index in [0.717, 1.165) is 23.3 Å². The summed E-state index contributed by atoms with van der Waals surface area (Å²) in [5, 5.41) is 9.02. The van der Waals surface area contributed by atoms with Crippen molar-refractivity contribution in [1.82, 2.24) is 19.5 Å². The van der Waals surface area contributed by atoms with Crippen molar-refractivity contribution in [1.29, 1.82) is 0 Å². The number of aromatic nitrogens is 3. The van der Waals surface area contributed by atoms with Crippen LogP contribution in [0.25, 0.3) is 10.9 Å². The third kappa shape index (κ3) is 4.08. The predicted octanol–water partition coefficient (Wildman–Crippen LogP) is 2.63. The lowest BCUT2D eigenvalue weighted by Crippen LogP contribution is -2.44. The number of pyridine rings is 1. The van der Waals surface area contributed by atoms with Gasteiger partial charge in [-0.1, -0.05) is 18.2 Å². The molecule has 1 atom stereocenters. The molecule has 8 nitrogen and oxygen atoms in total. The van der Waals surface area contributed by atoms with Gasteiger partial charge in [0, 0.05) is 37.8 Å². The van der Waals surface area contributed by atoms with Crippen molar-refractivity contribution in [2.24, 2.45) is 0 Å². The molecule has 0 spiro atoms. The van der Waals surface area contributed by atoms with Gasteiger partial charge in [0.15, 0.2) is 5.82 Å². The molecule has 0 bridgehead atoms. The lowest BCUT2D eigenvalue weighted by atomic mass is 10.1. The number of aryl methyl sites for hydroxylation is 1. The maximum Gasteiger partial charge on any atom is 0.245 e. The summed E-state index contributed by atoms with van der Waals surface area (Å²) < 4.78 is 34.3. The van der Waals surface area contributed by atoms with Crippen LogP contribution in [0.15, 0.2) is 47.4 Å². The number of hydrogen-bond acceptors (Lipinski definition) is 7. The molecule has 0 saturated carbocycles. The van der Waals surface area contributed by atoms with Gasteiger partial charge in [0.1, 0.15) is 11.0 Å². The van der Waals surface area contributed by atoms with Gasteiger partial charge in [-0.2, -0.15) is 4.31 Å². The number of hydrogen-bond donors (Lipinski definition) is 0. The number of benzene rings is 1. The lowest BCUT2D eigenvalue weighted by molar-refractivity contribution is 0.123. The fourth-order valence-electron chi connectivity index (χ4n) is 3.57. The van der Waals surface area contributed by atoms with E-state index in [1.165, 1.54) is 4.31 Å². The number of fused-ring (bicyclic) bond motifs is 1. The van der Waals surface area contributed by atoms with Crippen LogP contribution < -0.4 is 9.64 Å². The second kappa shape index (κ2) is 8.16. The number of sulfonamides is 1. The average molecular weight is 428 g/mol. The Labute approximate surface area is 176 Å².